The number of benzene rings is 1. The van der Waals surface area contributed by atoms with Gasteiger partial charge in [0.2, 0.25) is 0 Å². The monoisotopic (exact) mass is 274 g/mol. The maximum atomic E-state index is 12.4. The molecule has 1 heterocycles. The lowest BCUT2D eigenvalue weighted by Crippen LogP contribution is -2.32. The van der Waals surface area contributed by atoms with Gasteiger partial charge in [0, 0.05) is 18.3 Å². The van der Waals surface area contributed by atoms with E-state index >= 15 is 0 Å². The first-order chi connectivity index (χ1) is 9.25. The van der Waals surface area contributed by atoms with Gasteiger partial charge in [0.25, 0.3) is 5.91 Å². The van der Waals surface area contributed by atoms with E-state index in [1.54, 1.807) is 0 Å². The van der Waals surface area contributed by atoms with E-state index in [9.17, 15) is 4.79 Å². The zero-order chi connectivity index (χ0) is 13.2. The van der Waals surface area contributed by atoms with E-state index in [0.717, 1.165) is 35.6 Å². The molecule has 98 valence electrons. The Kier molecular flexibility index (Phi) is 3.16. The number of nitrogens with zero attached hydrogens (tertiary/aromatic N) is 3. The van der Waals surface area contributed by atoms with Gasteiger partial charge in [-0.1, -0.05) is 22.7 Å². The highest BCUT2D eigenvalue weighted by molar-refractivity contribution is 7.07. The number of carbonyl (C=O) groups is 1. The van der Waals surface area contributed by atoms with E-state index in [1.807, 2.05) is 29.2 Å². The fraction of sp³-hybridized carbons (Fsp3) is 0.308. The predicted octanol–water partition coefficient (Wildman–Crippen LogP) is 1.93. The van der Waals surface area contributed by atoms with Gasteiger partial charge in [0.1, 0.15) is 4.88 Å². The van der Waals surface area contributed by atoms with E-state index in [1.165, 1.54) is 6.20 Å². The van der Waals surface area contributed by atoms with Gasteiger partial charge >= 0.3 is 0 Å². The van der Waals surface area contributed by atoms with Crippen molar-refractivity contribution in [3.05, 3.63) is 40.9 Å². The Labute approximate surface area is 115 Å². The van der Waals surface area contributed by atoms with Crippen molar-refractivity contribution in [1.82, 2.24) is 14.5 Å². The maximum absolute atomic E-state index is 12.4. The second-order valence-corrected chi connectivity index (χ2v) is 5.43. The summed E-state index contributed by atoms with van der Waals surface area (Å²) in [5.41, 5.74) is 7.66. The molecule has 0 radical (unpaired) electrons. The molecule has 1 fully saturated rings. The lowest BCUT2D eigenvalue weighted by Gasteiger charge is -2.22. The fourth-order valence-corrected chi connectivity index (χ4v) is 2.49. The predicted molar refractivity (Wildman–Crippen MR) is 73.7 cm³/mol. The van der Waals surface area contributed by atoms with Crippen LogP contribution in [-0.2, 0) is 6.54 Å². The Morgan fingerprint density at radius 1 is 1.42 bits per heavy atom. The molecular weight excluding hydrogens is 260 g/mol. The van der Waals surface area contributed by atoms with Crippen LogP contribution in [0.4, 0.5) is 5.69 Å². The lowest BCUT2D eigenvalue weighted by molar-refractivity contribution is 0.0735. The molecule has 1 saturated carbocycles. The van der Waals surface area contributed by atoms with Crippen molar-refractivity contribution in [3.63, 3.8) is 0 Å². The van der Waals surface area contributed by atoms with E-state index in [-0.39, 0.29) is 5.91 Å². The summed E-state index contributed by atoms with van der Waals surface area (Å²) in [4.78, 5) is 14.9. The molecule has 0 bridgehead atoms. The van der Waals surface area contributed by atoms with Gasteiger partial charge in [-0.15, -0.1) is 5.10 Å². The molecule has 3 rings (SSSR count). The molecule has 1 amide bonds. The Bertz CT molecular complexity index is 580. The number of anilines is 1. The number of hydrogen-bond donors (Lipinski definition) is 1. The number of hydrogen-bond acceptors (Lipinski definition) is 5. The standard InChI is InChI=1S/C13H14N4OS/c14-11-4-2-1-3-9(11)8-17(10-5-6-10)13(18)12-7-15-16-19-12/h1-4,7,10H,5-6,8,14H2. The summed E-state index contributed by atoms with van der Waals surface area (Å²) in [6.07, 6.45) is 3.64. The maximum Gasteiger partial charge on any atom is 0.267 e. The third-order valence-electron chi connectivity index (χ3n) is 3.22. The van der Waals surface area contributed by atoms with Crippen molar-refractivity contribution >= 4 is 23.1 Å². The van der Waals surface area contributed by atoms with Crippen LogP contribution in [0.25, 0.3) is 0 Å². The highest BCUT2D eigenvalue weighted by atomic mass is 32.1. The van der Waals surface area contributed by atoms with Gasteiger partial charge in [-0.2, -0.15) is 0 Å². The summed E-state index contributed by atoms with van der Waals surface area (Å²) < 4.78 is 3.75. The highest BCUT2D eigenvalue weighted by Crippen LogP contribution is 2.31. The SMILES string of the molecule is Nc1ccccc1CN(C(=O)c1cnns1)C1CC1. The van der Waals surface area contributed by atoms with Crippen molar-refractivity contribution in [2.45, 2.75) is 25.4 Å². The number of carbonyl (C=O) groups excluding carboxylic acids is 1. The minimum atomic E-state index is 0.000697. The third-order valence-corrected chi connectivity index (χ3v) is 3.87. The largest absolute Gasteiger partial charge is 0.398 e. The van der Waals surface area contributed by atoms with Gasteiger partial charge in [-0.3, -0.25) is 4.79 Å². The Balaban J connectivity index is 1.82. The summed E-state index contributed by atoms with van der Waals surface area (Å²) in [5, 5.41) is 3.73. The molecule has 1 aromatic carbocycles. The minimum absolute atomic E-state index is 0.000697. The normalized spacial score (nSPS) is 14.3. The second-order valence-electron chi connectivity index (χ2n) is 4.64. The van der Waals surface area contributed by atoms with Crippen LogP contribution in [0.2, 0.25) is 0 Å². The van der Waals surface area contributed by atoms with Crippen molar-refractivity contribution < 1.29 is 4.79 Å². The quantitative estimate of drug-likeness (QED) is 0.865. The molecule has 0 atom stereocenters. The van der Waals surface area contributed by atoms with Gasteiger partial charge in [0.15, 0.2) is 0 Å². The van der Waals surface area contributed by atoms with Crippen molar-refractivity contribution in [2.24, 2.45) is 0 Å². The zero-order valence-electron chi connectivity index (χ0n) is 10.3. The summed E-state index contributed by atoms with van der Waals surface area (Å²) in [6.45, 7) is 0.550. The van der Waals surface area contributed by atoms with Gasteiger partial charge in [-0.05, 0) is 36.0 Å². The number of nitrogens with two attached hydrogens (primary N) is 1. The summed E-state index contributed by atoms with van der Waals surface area (Å²) in [5.74, 6) is 0.000697. The van der Waals surface area contributed by atoms with Crippen molar-refractivity contribution in [3.8, 4) is 0 Å². The molecule has 1 aromatic heterocycles. The molecule has 1 aliphatic rings. The first-order valence-electron chi connectivity index (χ1n) is 6.17. The van der Waals surface area contributed by atoms with Crippen LogP contribution in [0.15, 0.2) is 30.5 Å². The molecule has 5 nitrogen and oxygen atoms in total. The van der Waals surface area contributed by atoms with E-state index in [2.05, 4.69) is 9.59 Å². The third kappa shape index (κ3) is 2.58. The number of aromatic nitrogens is 2. The Morgan fingerprint density at radius 2 is 2.21 bits per heavy atom. The molecule has 2 aromatic rings. The molecule has 6 heteroatoms. The van der Waals surface area contributed by atoms with Crippen LogP contribution in [0.5, 0.6) is 0 Å². The second kappa shape index (κ2) is 4.97. The number of amides is 1. The summed E-state index contributed by atoms with van der Waals surface area (Å²) >= 11 is 1.14. The molecule has 2 N–H and O–H groups in total. The Hall–Kier alpha value is -1.95. The molecule has 0 saturated heterocycles. The summed E-state index contributed by atoms with van der Waals surface area (Å²) in [7, 11) is 0. The molecule has 19 heavy (non-hydrogen) atoms. The van der Waals surface area contributed by atoms with Crippen LogP contribution in [-0.4, -0.2) is 26.4 Å². The zero-order valence-corrected chi connectivity index (χ0v) is 11.1. The Morgan fingerprint density at radius 3 is 2.84 bits per heavy atom. The van der Waals surface area contributed by atoms with E-state index in [4.69, 9.17) is 5.73 Å². The van der Waals surface area contributed by atoms with Crippen LogP contribution >= 0.6 is 11.5 Å². The number of para-hydroxylation sites is 1. The minimum Gasteiger partial charge on any atom is -0.398 e. The van der Waals surface area contributed by atoms with Crippen LogP contribution in [0.3, 0.4) is 0 Å². The first kappa shape index (κ1) is 12.1. The van der Waals surface area contributed by atoms with Crippen molar-refractivity contribution in [1.29, 1.82) is 0 Å². The topological polar surface area (TPSA) is 72.1 Å². The fourth-order valence-electron chi connectivity index (χ4n) is 2.02. The first-order valence-corrected chi connectivity index (χ1v) is 6.95. The number of rotatable bonds is 4. The average Bonchev–Trinajstić information content (AvgIpc) is 3.11. The summed E-state index contributed by atoms with van der Waals surface area (Å²) in [6, 6.07) is 7.99. The van der Waals surface area contributed by atoms with Crippen LogP contribution in [0, 0.1) is 0 Å². The van der Waals surface area contributed by atoms with Gasteiger partial charge < -0.3 is 10.6 Å². The van der Waals surface area contributed by atoms with E-state index < -0.39 is 0 Å². The highest BCUT2D eigenvalue weighted by Gasteiger charge is 2.34. The van der Waals surface area contributed by atoms with Crippen LogP contribution in [0.1, 0.15) is 28.1 Å². The smallest absolute Gasteiger partial charge is 0.267 e. The molecule has 0 unspecified atom stereocenters. The van der Waals surface area contributed by atoms with Gasteiger partial charge in [-0.25, -0.2) is 0 Å². The molecule has 0 spiro atoms. The molecular formula is C13H14N4OS. The lowest BCUT2D eigenvalue weighted by atomic mass is 10.1. The van der Waals surface area contributed by atoms with E-state index in [0.29, 0.717) is 17.5 Å². The van der Waals surface area contributed by atoms with Crippen molar-refractivity contribution in [2.75, 3.05) is 5.73 Å². The van der Waals surface area contributed by atoms with Gasteiger partial charge in [0.05, 0.1) is 6.20 Å². The molecule has 0 aliphatic heterocycles. The van der Waals surface area contributed by atoms with Crippen LogP contribution < -0.4 is 5.73 Å². The average molecular weight is 274 g/mol. The molecule has 1 aliphatic carbocycles. The number of nitrogen functional groups attached to an aromatic ring is 1.